The monoisotopic (exact) mass is 369 g/mol. The molecule has 0 aliphatic rings. The summed E-state index contributed by atoms with van der Waals surface area (Å²) in [5, 5.41) is 0. The minimum atomic E-state index is -4.54. The van der Waals surface area contributed by atoms with Gasteiger partial charge in [-0.25, -0.2) is 13.7 Å². The van der Waals surface area contributed by atoms with Crippen molar-refractivity contribution in [3.05, 3.63) is 65.9 Å². The first-order chi connectivity index (χ1) is 11.8. The van der Waals surface area contributed by atoms with Crippen molar-refractivity contribution in [2.24, 2.45) is 0 Å². The van der Waals surface area contributed by atoms with E-state index in [0.717, 1.165) is 22.3 Å². The van der Waals surface area contributed by atoms with Crippen LogP contribution in [-0.2, 0) is 0 Å². The summed E-state index contributed by atoms with van der Waals surface area (Å²) in [6.07, 6.45) is 0.551. The Morgan fingerprint density at radius 1 is 1.16 bits per heavy atom. The number of aromatic nitrogens is 2. The number of rotatable bonds is 4. The van der Waals surface area contributed by atoms with Gasteiger partial charge in [-0.1, -0.05) is 12.1 Å². The van der Waals surface area contributed by atoms with Crippen LogP contribution in [0.2, 0.25) is 0 Å². The van der Waals surface area contributed by atoms with Crippen molar-refractivity contribution in [1.82, 2.24) is 13.7 Å². The van der Waals surface area contributed by atoms with Crippen molar-refractivity contribution in [2.75, 3.05) is 7.05 Å². The molecular formula is C17H15F4N3S. The van der Waals surface area contributed by atoms with Gasteiger partial charge in [-0.05, 0) is 55.2 Å². The number of hydrogen-bond acceptors (Lipinski definition) is 3. The number of hydrogen-bond donors (Lipinski definition) is 0. The van der Waals surface area contributed by atoms with Crippen LogP contribution < -0.4 is 0 Å². The molecule has 0 saturated heterocycles. The van der Waals surface area contributed by atoms with E-state index in [1.807, 2.05) is 0 Å². The molecule has 1 unspecified atom stereocenters. The van der Waals surface area contributed by atoms with Crippen LogP contribution >= 0.6 is 11.9 Å². The third-order valence-electron chi connectivity index (χ3n) is 3.80. The Kier molecular flexibility index (Phi) is 4.75. The maximum Gasteiger partial charge on any atom is 0.408 e. The highest BCUT2D eigenvalue weighted by atomic mass is 32.2. The fourth-order valence-electron chi connectivity index (χ4n) is 2.55. The van der Waals surface area contributed by atoms with Crippen LogP contribution in [0.4, 0.5) is 17.6 Å². The van der Waals surface area contributed by atoms with Crippen molar-refractivity contribution in [2.45, 2.75) is 24.0 Å². The Hall–Kier alpha value is -2.06. The van der Waals surface area contributed by atoms with Gasteiger partial charge in [-0.15, -0.1) is 0 Å². The van der Waals surface area contributed by atoms with Crippen molar-refractivity contribution >= 4 is 17.6 Å². The van der Waals surface area contributed by atoms with Gasteiger partial charge < -0.3 is 4.40 Å². The highest BCUT2D eigenvalue weighted by Crippen LogP contribution is 2.42. The first-order valence-corrected chi connectivity index (χ1v) is 8.19. The molecule has 3 aromatic rings. The average Bonchev–Trinajstić information content (AvgIpc) is 2.97. The molecule has 0 aliphatic heterocycles. The zero-order valence-corrected chi connectivity index (χ0v) is 14.3. The number of imidazole rings is 1. The summed E-state index contributed by atoms with van der Waals surface area (Å²) in [5.74, 6) is -0.649. The van der Waals surface area contributed by atoms with Crippen molar-refractivity contribution < 1.29 is 17.6 Å². The summed E-state index contributed by atoms with van der Waals surface area (Å²) >= 11 is 0.939. The maximum absolute atomic E-state index is 13.8. The topological polar surface area (TPSA) is 20.5 Å². The molecule has 1 atom stereocenters. The fourth-order valence-corrected chi connectivity index (χ4v) is 3.51. The lowest BCUT2D eigenvalue weighted by Gasteiger charge is -2.29. The van der Waals surface area contributed by atoms with Gasteiger partial charge in [-0.2, -0.15) is 13.2 Å². The number of halogens is 4. The predicted molar refractivity (Wildman–Crippen MR) is 88.7 cm³/mol. The van der Waals surface area contributed by atoms with Gasteiger partial charge in [-0.3, -0.25) is 0 Å². The summed E-state index contributed by atoms with van der Waals surface area (Å²) in [5.41, 5.74) is 0.820. The van der Waals surface area contributed by atoms with Gasteiger partial charge in [0.25, 0.3) is 0 Å². The molecule has 132 valence electrons. The molecule has 0 N–H and O–H groups in total. The summed E-state index contributed by atoms with van der Waals surface area (Å²) in [4.78, 5) is 4.73. The third kappa shape index (κ3) is 3.80. The molecule has 8 heteroatoms. The second kappa shape index (κ2) is 6.68. The van der Waals surface area contributed by atoms with Crippen LogP contribution in [0.1, 0.15) is 17.2 Å². The van der Waals surface area contributed by atoms with Crippen LogP contribution in [0, 0.1) is 12.7 Å². The molecule has 0 bridgehead atoms. The van der Waals surface area contributed by atoms with E-state index in [2.05, 4.69) is 4.98 Å². The van der Waals surface area contributed by atoms with Gasteiger partial charge in [0.1, 0.15) is 17.5 Å². The van der Waals surface area contributed by atoms with Gasteiger partial charge in [0.15, 0.2) is 0 Å². The van der Waals surface area contributed by atoms with E-state index in [1.165, 1.54) is 26.1 Å². The average molecular weight is 369 g/mol. The first-order valence-electron chi connectivity index (χ1n) is 7.42. The molecule has 1 aromatic carbocycles. The molecule has 0 fully saturated rings. The van der Waals surface area contributed by atoms with E-state index in [4.69, 9.17) is 0 Å². The Labute approximate surface area is 146 Å². The fraction of sp³-hybridized carbons (Fsp3) is 0.235. The van der Waals surface area contributed by atoms with E-state index in [1.54, 1.807) is 35.1 Å². The van der Waals surface area contributed by atoms with Crippen molar-refractivity contribution in [3.63, 3.8) is 0 Å². The number of aryl methyl sites for hydroxylation is 1. The zero-order valence-electron chi connectivity index (χ0n) is 13.5. The molecule has 0 radical (unpaired) electrons. The number of nitrogens with zero attached hydrogens (tertiary/aromatic N) is 3. The number of alkyl halides is 3. The minimum Gasteiger partial charge on any atom is -0.307 e. The second-order valence-electron chi connectivity index (χ2n) is 5.65. The number of benzene rings is 1. The molecule has 2 aromatic heterocycles. The van der Waals surface area contributed by atoms with E-state index in [-0.39, 0.29) is 5.56 Å². The zero-order chi connectivity index (χ0) is 18.2. The lowest BCUT2D eigenvalue weighted by atomic mass is 10.0. The Balaban J connectivity index is 1.91. The smallest absolute Gasteiger partial charge is 0.307 e. The second-order valence-corrected chi connectivity index (χ2v) is 6.88. The van der Waals surface area contributed by atoms with E-state index < -0.39 is 18.0 Å². The Bertz CT molecular complexity index is 891. The van der Waals surface area contributed by atoms with Crippen LogP contribution in [0.3, 0.4) is 0 Å². The van der Waals surface area contributed by atoms with Gasteiger partial charge >= 0.3 is 6.18 Å². The summed E-state index contributed by atoms with van der Waals surface area (Å²) in [6, 6.07) is 5.10. The molecule has 2 heterocycles. The van der Waals surface area contributed by atoms with E-state index in [0.29, 0.717) is 16.1 Å². The van der Waals surface area contributed by atoms with Crippen molar-refractivity contribution in [1.29, 1.82) is 0 Å². The van der Waals surface area contributed by atoms with Gasteiger partial charge in [0.2, 0.25) is 0 Å². The maximum atomic E-state index is 13.8. The normalized spacial score (nSPS) is 13.6. The first kappa shape index (κ1) is 17.8. The summed E-state index contributed by atoms with van der Waals surface area (Å²) < 4.78 is 57.4. The third-order valence-corrected chi connectivity index (χ3v) is 4.77. The molecule has 0 spiro atoms. The quantitative estimate of drug-likeness (QED) is 0.476. The SMILES string of the molecule is Cc1ccc(C(N(C)Sc2ccn3ccnc3c2)C(F)(F)F)cc1F. The van der Waals surface area contributed by atoms with Crippen LogP contribution in [0.15, 0.2) is 53.8 Å². The summed E-state index contributed by atoms with van der Waals surface area (Å²) in [7, 11) is 1.34. The lowest BCUT2D eigenvalue weighted by molar-refractivity contribution is -0.170. The molecular weight excluding hydrogens is 354 g/mol. The standard InChI is InChI=1S/C17H15F4N3S/c1-11-3-4-12(9-14(11)18)16(17(19,20)21)23(2)25-13-5-7-24-8-6-22-15(24)10-13/h3-10,16H,1-2H3. The number of fused-ring (bicyclic) bond motifs is 1. The Morgan fingerprint density at radius 3 is 2.60 bits per heavy atom. The molecule has 3 rings (SSSR count). The van der Waals surface area contributed by atoms with Crippen LogP contribution in [-0.4, -0.2) is 26.9 Å². The van der Waals surface area contributed by atoms with E-state index in [9.17, 15) is 17.6 Å². The van der Waals surface area contributed by atoms with E-state index >= 15 is 0 Å². The minimum absolute atomic E-state index is 0.132. The van der Waals surface area contributed by atoms with Crippen molar-refractivity contribution in [3.8, 4) is 0 Å². The molecule has 3 nitrogen and oxygen atoms in total. The van der Waals surface area contributed by atoms with Crippen LogP contribution in [0.5, 0.6) is 0 Å². The summed E-state index contributed by atoms with van der Waals surface area (Å²) in [6.45, 7) is 1.51. The molecule has 0 amide bonds. The molecule has 0 saturated carbocycles. The predicted octanol–water partition coefficient (Wildman–Crippen LogP) is 5.02. The van der Waals surface area contributed by atoms with Crippen LogP contribution in [0.25, 0.3) is 5.65 Å². The highest BCUT2D eigenvalue weighted by molar-refractivity contribution is 7.97. The lowest BCUT2D eigenvalue weighted by Crippen LogP contribution is -2.32. The van der Waals surface area contributed by atoms with Gasteiger partial charge in [0.05, 0.1) is 0 Å². The number of pyridine rings is 1. The molecule has 0 aliphatic carbocycles. The van der Waals surface area contributed by atoms with Gasteiger partial charge in [0, 0.05) is 23.5 Å². The molecule has 25 heavy (non-hydrogen) atoms. The highest BCUT2D eigenvalue weighted by Gasteiger charge is 2.44. The largest absolute Gasteiger partial charge is 0.408 e. The Morgan fingerprint density at radius 2 is 1.92 bits per heavy atom.